The van der Waals surface area contributed by atoms with E-state index in [4.69, 9.17) is 21.4 Å². The first-order chi connectivity index (χ1) is 16.2. The molecule has 0 bridgehead atoms. The molecule has 1 aliphatic rings. The number of pyridine rings is 1. The second-order valence-corrected chi connectivity index (χ2v) is 8.03. The molecule has 5 rings (SSSR count). The topological polar surface area (TPSA) is 70.8 Å². The van der Waals surface area contributed by atoms with Gasteiger partial charge in [0.2, 0.25) is 0 Å². The molecule has 0 aliphatic carbocycles. The molecule has 0 saturated carbocycles. The second kappa shape index (κ2) is 8.96. The van der Waals surface area contributed by atoms with Crippen LogP contribution in [0, 0.1) is 0 Å². The number of phenols is 1. The number of benzene rings is 2. The van der Waals surface area contributed by atoms with E-state index < -0.39 is 0 Å². The molecule has 1 aliphatic heterocycles. The molecule has 166 valence electrons. The lowest BCUT2D eigenvalue weighted by Crippen LogP contribution is -2.29. The van der Waals surface area contributed by atoms with E-state index in [1.54, 1.807) is 18.3 Å². The molecule has 1 saturated heterocycles. The van der Waals surface area contributed by atoms with E-state index in [1.165, 1.54) is 0 Å². The van der Waals surface area contributed by atoms with Crippen molar-refractivity contribution in [3.63, 3.8) is 0 Å². The summed E-state index contributed by atoms with van der Waals surface area (Å²) in [5.41, 5.74) is 2.39. The molecular weight excluding hydrogens is 434 g/mol. The minimum atomic E-state index is -0.336. The van der Waals surface area contributed by atoms with E-state index in [1.807, 2.05) is 78.6 Å². The number of aromatic nitrogens is 1. The fourth-order valence-electron chi connectivity index (χ4n) is 4.12. The SMILES string of the molecule is CCOc1ccc(-c2ccc([C@@H]3[C@H](c4ccccn4)NC(=S)N3c3ccccc3O)o2)cc1. The van der Waals surface area contributed by atoms with Gasteiger partial charge in [-0.3, -0.25) is 4.98 Å². The summed E-state index contributed by atoms with van der Waals surface area (Å²) in [6.45, 7) is 2.58. The molecule has 0 spiro atoms. The number of phenolic OH excluding ortho intramolecular Hbond substituents is 1. The smallest absolute Gasteiger partial charge is 0.174 e. The van der Waals surface area contributed by atoms with Crippen LogP contribution in [0.5, 0.6) is 11.5 Å². The summed E-state index contributed by atoms with van der Waals surface area (Å²) in [6.07, 6.45) is 1.76. The first kappa shape index (κ1) is 21.0. The first-order valence-corrected chi connectivity index (χ1v) is 11.2. The number of nitrogens with one attached hydrogen (secondary N) is 1. The summed E-state index contributed by atoms with van der Waals surface area (Å²) in [5, 5.41) is 14.4. The van der Waals surface area contributed by atoms with E-state index in [0.29, 0.717) is 23.2 Å². The van der Waals surface area contributed by atoms with Crippen LogP contribution in [0.15, 0.2) is 89.5 Å². The van der Waals surface area contributed by atoms with Gasteiger partial charge >= 0.3 is 0 Å². The lowest BCUT2D eigenvalue weighted by atomic mass is 10.0. The Bertz CT molecular complexity index is 1260. The highest BCUT2D eigenvalue weighted by Crippen LogP contribution is 2.45. The van der Waals surface area contributed by atoms with Crippen molar-refractivity contribution < 1.29 is 14.3 Å². The van der Waals surface area contributed by atoms with E-state index in [-0.39, 0.29) is 17.8 Å². The number of rotatable bonds is 6. The zero-order valence-electron chi connectivity index (χ0n) is 18.0. The highest BCUT2D eigenvalue weighted by atomic mass is 32.1. The summed E-state index contributed by atoms with van der Waals surface area (Å²) in [7, 11) is 0. The number of anilines is 1. The third-order valence-electron chi connectivity index (χ3n) is 5.61. The standard InChI is InChI=1S/C26H23N3O3S/c1-2-31-18-12-10-17(11-13-18)22-14-15-23(32-22)25-24(19-7-5-6-16-27-19)28-26(33)29(25)20-8-3-4-9-21(20)30/h3-16,24-25,30H,2H2,1H3,(H,28,33)/t24-,25+/m0/s1. The fourth-order valence-corrected chi connectivity index (χ4v) is 4.46. The third-order valence-corrected chi connectivity index (χ3v) is 5.92. The molecule has 0 unspecified atom stereocenters. The number of ether oxygens (including phenoxy) is 1. The fraction of sp³-hybridized carbons (Fsp3) is 0.154. The Labute approximate surface area is 197 Å². The quantitative estimate of drug-likeness (QED) is 0.364. The molecule has 4 aromatic rings. The summed E-state index contributed by atoms with van der Waals surface area (Å²) in [4.78, 5) is 6.44. The van der Waals surface area contributed by atoms with Gasteiger partial charge in [0.05, 0.1) is 24.0 Å². The number of hydrogen-bond acceptors (Lipinski definition) is 5. The summed E-state index contributed by atoms with van der Waals surface area (Å²) < 4.78 is 11.9. The van der Waals surface area contributed by atoms with Crippen LogP contribution in [-0.2, 0) is 0 Å². The Balaban J connectivity index is 1.56. The van der Waals surface area contributed by atoms with Crippen molar-refractivity contribution in [1.82, 2.24) is 10.3 Å². The van der Waals surface area contributed by atoms with Crippen molar-refractivity contribution in [2.45, 2.75) is 19.0 Å². The molecule has 3 heterocycles. The Hall–Kier alpha value is -3.84. The number of nitrogens with zero attached hydrogens (tertiary/aromatic N) is 2. The Morgan fingerprint density at radius 2 is 1.82 bits per heavy atom. The van der Waals surface area contributed by atoms with E-state index in [0.717, 1.165) is 22.8 Å². The van der Waals surface area contributed by atoms with Gasteiger partial charge in [-0.05, 0) is 79.8 Å². The summed E-state index contributed by atoms with van der Waals surface area (Å²) >= 11 is 5.70. The summed E-state index contributed by atoms with van der Waals surface area (Å²) in [6, 6.07) is 24.0. The van der Waals surface area contributed by atoms with Gasteiger partial charge in [0.1, 0.15) is 29.1 Å². The molecule has 7 heteroatoms. The van der Waals surface area contributed by atoms with Crippen LogP contribution < -0.4 is 15.0 Å². The molecule has 0 amide bonds. The minimum absolute atomic E-state index is 0.145. The van der Waals surface area contributed by atoms with Crippen molar-refractivity contribution >= 4 is 23.0 Å². The molecule has 1 fully saturated rings. The van der Waals surface area contributed by atoms with E-state index in [9.17, 15) is 5.11 Å². The van der Waals surface area contributed by atoms with Crippen molar-refractivity contribution in [2.75, 3.05) is 11.5 Å². The highest BCUT2D eigenvalue weighted by molar-refractivity contribution is 7.80. The minimum Gasteiger partial charge on any atom is -0.506 e. The monoisotopic (exact) mass is 457 g/mol. The van der Waals surface area contributed by atoms with Gasteiger partial charge in [-0.25, -0.2) is 0 Å². The third kappa shape index (κ3) is 4.03. The molecule has 2 aromatic carbocycles. The molecule has 2 aromatic heterocycles. The first-order valence-electron chi connectivity index (χ1n) is 10.8. The molecule has 6 nitrogen and oxygen atoms in total. The Kier molecular flexibility index (Phi) is 5.71. The van der Waals surface area contributed by atoms with Gasteiger partial charge in [0.25, 0.3) is 0 Å². The van der Waals surface area contributed by atoms with Crippen LogP contribution in [0.25, 0.3) is 11.3 Å². The molecule has 0 radical (unpaired) electrons. The normalized spacial score (nSPS) is 17.7. The highest BCUT2D eigenvalue weighted by Gasteiger charge is 2.43. The van der Waals surface area contributed by atoms with E-state index in [2.05, 4.69) is 10.3 Å². The Morgan fingerprint density at radius 1 is 1.03 bits per heavy atom. The summed E-state index contributed by atoms with van der Waals surface area (Å²) in [5.74, 6) is 2.42. The average Bonchev–Trinajstić information content (AvgIpc) is 3.45. The van der Waals surface area contributed by atoms with Crippen LogP contribution in [0.4, 0.5) is 5.69 Å². The lowest BCUT2D eigenvalue weighted by molar-refractivity contribution is 0.340. The predicted octanol–water partition coefficient (Wildman–Crippen LogP) is 5.62. The number of para-hydroxylation sites is 2. The average molecular weight is 458 g/mol. The number of thiocarbonyl (C=S) groups is 1. The van der Waals surface area contributed by atoms with Crippen LogP contribution in [0.2, 0.25) is 0 Å². The van der Waals surface area contributed by atoms with Crippen molar-refractivity contribution in [1.29, 1.82) is 0 Å². The maximum Gasteiger partial charge on any atom is 0.174 e. The van der Waals surface area contributed by atoms with Crippen LogP contribution in [0.1, 0.15) is 30.5 Å². The van der Waals surface area contributed by atoms with E-state index >= 15 is 0 Å². The van der Waals surface area contributed by atoms with Gasteiger partial charge in [0.15, 0.2) is 5.11 Å². The zero-order valence-corrected chi connectivity index (χ0v) is 18.8. The van der Waals surface area contributed by atoms with Gasteiger partial charge in [0, 0.05) is 11.8 Å². The van der Waals surface area contributed by atoms with Crippen LogP contribution in [0.3, 0.4) is 0 Å². The predicted molar refractivity (Wildman–Crippen MR) is 131 cm³/mol. The Morgan fingerprint density at radius 3 is 2.55 bits per heavy atom. The maximum atomic E-state index is 10.6. The van der Waals surface area contributed by atoms with Crippen molar-refractivity contribution in [3.8, 4) is 22.8 Å². The maximum absolute atomic E-state index is 10.6. The van der Waals surface area contributed by atoms with Gasteiger partial charge < -0.3 is 24.5 Å². The van der Waals surface area contributed by atoms with Crippen molar-refractivity contribution in [3.05, 3.63) is 96.5 Å². The van der Waals surface area contributed by atoms with Gasteiger partial charge in [-0.1, -0.05) is 18.2 Å². The zero-order chi connectivity index (χ0) is 22.8. The van der Waals surface area contributed by atoms with Gasteiger partial charge in [-0.2, -0.15) is 0 Å². The van der Waals surface area contributed by atoms with Gasteiger partial charge in [-0.15, -0.1) is 0 Å². The molecule has 2 N–H and O–H groups in total. The molecular formula is C26H23N3O3S. The molecule has 33 heavy (non-hydrogen) atoms. The van der Waals surface area contributed by atoms with Crippen LogP contribution >= 0.6 is 12.2 Å². The number of hydrogen-bond donors (Lipinski definition) is 2. The van der Waals surface area contributed by atoms with Crippen molar-refractivity contribution in [2.24, 2.45) is 0 Å². The largest absolute Gasteiger partial charge is 0.506 e. The van der Waals surface area contributed by atoms with Crippen LogP contribution in [-0.4, -0.2) is 21.8 Å². The number of furan rings is 1. The second-order valence-electron chi connectivity index (χ2n) is 7.64. The molecule has 2 atom stereocenters. The lowest BCUT2D eigenvalue weighted by Gasteiger charge is -2.26. The number of aromatic hydroxyl groups is 1.